The minimum atomic E-state index is -5.00. The van der Waals surface area contributed by atoms with Gasteiger partial charge in [-0.25, -0.2) is 18.0 Å². The molecule has 0 bridgehead atoms. The fourth-order valence-electron chi connectivity index (χ4n) is 8.70. The summed E-state index contributed by atoms with van der Waals surface area (Å²) >= 11 is 0. The molecule has 1 N–H and O–H groups in total. The van der Waals surface area contributed by atoms with Crippen molar-refractivity contribution in [3.63, 3.8) is 0 Å². The highest BCUT2D eigenvalue weighted by molar-refractivity contribution is 6.10. The summed E-state index contributed by atoms with van der Waals surface area (Å²) in [5.41, 5.74) is -4.55. The van der Waals surface area contributed by atoms with Crippen LogP contribution in [0.1, 0.15) is 42.1 Å². The predicted octanol–water partition coefficient (Wildman–Crippen LogP) is 3.72. The zero-order chi connectivity index (χ0) is 37.1. The van der Waals surface area contributed by atoms with Crippen molar-refractivity contribution in [1.82, 2.24) is 34.8 Å². The maximum Gasteiger partial charge on any atom is 0.416 e. The third kappa shape index (κ3) is 5.19. The van der Waals surface area contributed by atoms with E-state index < -0.39 is 85.1 Å². The van der Waals surface area contributed by atoms with Gasteiger partial charge in [0.1, 0.15) is 12.4 Å². The molecule has 280 valence electrons. The van der Waals surface area contributed by atoms with Gasteiger partial charge in [-0.1, -0.05) is 12.1 Å². The molecule has 2 spiro atoms. The molecule has 4 aliphatic heterocycles. The summed E-state index contributed by atoms with van der Waals surface area (Å²) < 4.78 is 100. The van der Waals surface area contributed by atoms with Crippen molar-refractivity contribution in [1.29, 1.82) is 0 Å². The van der Waals surface area contributed by atoms with Crippen molar-refractivity contribution in [3.05, 3.63) is 71.6 Å². The van der Waals surface area contributed by atoms with E-state index in [0.29, 0.717) is 27.0 Å². The number of nitrogens with one attached hydrogen (secondary N) is 1. The summed E-state index contributed by atoms with van der Waals surface area (Å²) in [6, 6.07) is 5.66. The van der Waals surface area contributed by atoms with Crippen molar-refractivity contribution in [2.24, 2.45) is 5.41 Å². The molecule has 0 radical (unpaired) electrons. The maximum atomic E-state index is 15.8. The Balaban J connectivity index is 0.933. The minimum absolute atomic E-state index is 0.101. The first kappa shape index (κ1) is 34.2. The number of rotatable bonds is 8. The largest absolute Gasteiger partial charge is 0.416 e. The lowest BCUT2D eigenvalue weighted by molar-refractivity contribution is -0.302. The van der Waals surface area contributed by atoms with Crippen LogP contribution in [0.15, 0.2) is 48.9 Å². The van der Waals surface area contributed by atoms with Crippen molar-refractivity contribution < 1.29 is 50.2 Å². The number of likely N-dealkylation sites (tertiary alicyclic amines) is 1. The molecular formula is C35H33F6N7O5. The van der Waals surface area contributed by atoms with E-state index >= 15 is 8.78 Å². The van der Waals surface area contributed by atoms with E-state index in [4.69, 9.17) is 9.47 Å². The van der Waals surface area contributed by atoms with Gasteiger partial charge in [0.05, 0.1) is 69.6 Å². The van der Waals surface area contributed by atoms with Crippen LogP contribution in [0.4, 0.5) is 31.1 Å². The molecule has 2 aromatic heterocycles. The van der Waals surface area contributed by atoms with Crippen molar-refractivity contribution in [2.75, 3.05) is 46.1 Å². The Labute approximate surface area is 298 Å². The quantitative estimate of drug-likeness (QED) is 0.274. The van der Waals surface area contributed by atoms with Gasteiger partial charge in [-0.05, 0) is 47.6 Å². The summed E-state index contributed by atoms with van der Waals surface area (Å²) in [6.45, 7) is -0.171. The molecular weight excluding hydrogens is 712 g/mol. The fourth-order valence-corrected chi connectivity index (χ4v) is 8.70. The lowest BCUT2D eigenvalue weighted by Crippen LogP contribution is -2.72. The second kappa shape index (κ2) is 11.5. The molecule has 3 aromatic rings. The molecule has 18 heteroatoms. The number of ether oxygens (including phenoxy) is 2. The number of hydrogen-bond donors (Lipinski definition) is 1. The molecule has 4 amide bonds. The first-order valence-corrected chi connectivity index (χ1v) is 17.2. The number of halogens is 6. The summed E-state index contributed by atoms with van der Waals surface area (Å²) in [7, 11) is 0. The molecule has 5 fully saturated rings. The number of amides is 4. The third-order valence-electron chi connectivity index (χ3n) is 11.8. The average molecular weight is 746 g/mol. The molecule has 1 saturated carbocycles. The van der Waals surface area contributed by atoms with Gasteiger partial charge in [0, 0.05) is 30.4 Å². The van der Waals surface area contributed by atoms with Crippen molar-refractivity contribution in [2.45, 2.75) is 61.1 Å². The Morgan fingerprint density at radius 3 is 2.36 bits per heavy atom. The second-order valence-electron chi connectivity index (χ2n) is 15.2. The lowest BCUT2D eigenvalue weighted by Gasteiger charge is -2.61. The first-order valence-electron chi connectivity index (χ1n) is 17.2. The molecule has 1 atom stereocenters. The molecule has 6 aliphatic rings. The summed E-state index contributed by atoms with van der Waals surface area (Å²) in [6.07, 6.45) is -0.0371. The lowest BCUT2D eigenvalue weighted by atomic mass is 9.60. The average Bonchev–Trinajstić information content (AvgIpc) is 3.65. The van der Waals surface area contributed by atoms with Gasteiger partial charge in [-0.2, -0.15) is 18.3 Å². The SMILES string of the molecule is O=C1N[C@]2(CC(F)(F)c3cc(-c4cnn(C5CC6(C5)CN(C5COC5)C6)c4)ccc32)C(=O)N1CC(=O)N(Cc1ccc(F)cn1)C1(C(F)(F)F)COC1. The number of fused-ring (bicyclic) bond motifs is 2. The van der Waals surface area contributed by atoms with E-state index in [1.54, 1.807) is 12.3 Å². The van der Waals surface area contributed by atoms with E-state index in [-0.39, 0.29) is 22.7 Å². The number of nitrogens with zero attached hydrogens (tertiary/aromatic N) is 6. The van der Waals surface area contributed by atoms with Crippen LogP contribution in [-0.2, 0) is 37.1 Å². The first-order chi connectivity index (χ1) is 25.1. The van der Waals surface area contributed by atoms with Gasteiger partial charge in [0.2, 0.25) is 5.91 Å². The van der Waals surface area contributed by atoms with E-state index in [1.165, 1.54) is 12.1 Å². The van der Waals surface area contributed by atoms with Crippen LogP contribution in [0, 0.1) is 11.2 Å². The summed E-state index contributed by atoms with van der Waals surface area (Å²) in [4.78, 5) is 47.7. The van der Waals surface area contributed by atoms with Crippen LogP contribution < -0.4 is 5.32 Å². The Morgan fingerprint density at radius 2 is 1.74 bits per heavy atom. The Hall–Kier alpha value is -4.55. The molecule has 53 heavy (non-hydrogen) atoms. The number of aromatic nitrogens is 3. The van der Waals surface area contributed by atoms with E-state index in [1.807, 2.05) is 10.9 Å². The van der Waals surface area contributed by atoms with E-state index in [0.717, 1.165) is 57.5 Å². The number of urea groups is 1. The maximum absolute atomic E-state index is 15.8. The van der Waals surface area contributed by atoms with Gasteiger partial charge >= 0.3 is 12.2 Å². The smallest absolute Gasteiger partial charge is 0.378 e. The van der Waals surface area contributed by atoms with Gasteiger partial charge in [-0.3, -0.25) is 29.1 Å². The van der Waals surface area contributed by atoms with Gasteiger partial charge in [0.15, 0.2) is 11.1 Å². The van der Waals surface area contributed by atoms with Crippen molar-refractivity contribution in [3.8, 4) is 11.1 Å². The third-order valence-corrected chi connectivity index (χ3v) is 11.8. The number of alkyl halides is 5. The van der Waals surface area contributed by atoms with E-state index in [2.05, 4.69) is 20.3 Å². The van der Waals surface area contributed by atoms with E-state index in [9.17, 15) is 31.9 Å². The van der Waals surface area contributed by atoms with Crippen LogP contribution >= 0.6 is 0 Å². The number of pyridine rings is 1. The highest BCUT2D eigenvalue weighted by Crippen LogP contribution is 2.56. The van der Waals surface area contributed by atoms with Gasteiger partial charge in [-0.15, -0.1) is 0 Å². The fraction of sp³-hybridized carbons (Fsp3) is 0.514. The van der Waals surface area contributed by atoms with Gasteiger partial charge in [0.25, 0.3) is 11.8 Å². The number of imide groups is 1. The molecule has 1 aromatic carbocycles. The Bertz CT molecular complexity index is 2000. The molecule has 2 aliphatic carbocycles. The highest BCUT2D eigenvalue weighted by Gasteiger charge is 2.67. The molecule has 6 heterocycles. The van der Waals surface area contributed by atoms with Crippen LogP contribution in [0.3, 0.4) is 0 Å². The topological polar surface area (TPSA) is 122 Å². The van der Waals surface area contributed by atoms with Crippen LogP contribution in [0.2, 0.25) is 0 Å². The van der Waals surface area contributed by atoms with Crippen LogP contribution in [-0.4, -0.2) is 111 Å². The second-order valence-corrected chi connectivity index (χ2v) is 15.2. The van der Waals surface area contributed by atoms with Crippen LogP contribution in [0.25, 0.3) is 11.1 Å². The molecule has 0 unspecified atom stereocenters. The predicted molar refractivity (Wildman–Crippen MR) is 169 cm³/mol. The van der Waals surface area contributed by atoms with Gasteiger partial charge < -0.3 is 19.7 Å². The summed E-state index contributed by atoms with van der Waals surface area (Å²) in [5.74, 6) is -6.85. The molecule has 4 saturated heterocycles. The zero-order valence-electron chi connectivity index (χ0n) is 28.0. The minimum Gasteiger partial charge on any atom is -0.378 e. The zero-order valence-corrected chi connectivity index (χ0v) is 28.0. The monoisotopic (exact) mass is 745 g/mol. The Kier molecular flexibility index (Phi) is 7.41. The van der Waals surface area contributed by atoms with Crippen LogP contribution in [0.5, 0.6) is 0 Å². The Morgan fingerprint density at radius 1 is 0.981 bits per heavy atom. The standard InChI is InChI=1S/C35H33F6N7O5/c36-22-2-3-23(42-9-22)11-47(32(18-53-19-32)35(39,40)41)28(49)12-46-29(50)33(44-30(46)51)15-34(37,38)27-5-20(1-4-26(27)33)21-8-43-48(10-21)24-6-31(7-24)16-45(17-31)25-13-52-14-25/h1-5,8-10,24-25H,6-7,11-19H2,(H,44,51)/t33-/m0/s1. The highest BCUT2D eigenvalue weighted by atomic mass is 19.4. The van der Waals surface area contributed by atoms with Crippen molar-refractivity contribution >= 4 is 17.8 Å². The normalized spacial score (nSPS) is 25.8. The number of hydrogen-bond acceptors (Lipinski definition) is 8. The number of carbonyl (C=O) groups excluding carboxylic acids is 3. The molecule has 9 rings (SSSR count). The molecule has 12 nitrogen and oxygen atoms in total. The summed E-state index contributed by atoms with van der Waals surface area (Å²) in [5, 5.41) is 6.84. The number of benzene rings is 1. The number of carbonyl (C=O) groups is 3.